The van der Waals surface area contributed by atoms with E-state index in [-0.39, 0.29) is 5.91 Å². The largest absolute Gasteiger partial charge is 0.354 e. The fourth-order valence-corrected chi connectivity index (χ4v) is 4.08. The summed E-state index contributed by atoms with van der Waals surface area (Å²) in [6.45, 7) is 5.11. The molecule has 1 saturated carbocycles. The van der Waals surface area contributed by atoms with Crippen molar-refractivity contribution in [2.75, 3.05) is 19.6 Å². The topological polar surface area (TPSA) is 32.3 Å². The van der Waals surface area contributed by atoms with Crippen molar-refractivity contribution in [1.82, 2.24) is 10.2 Å². The third kappa shape index (κ3) is 4.94. The Balaban J connectivity index is 1.38. The Labute approximate surface area is 146 Å². The summed E-state index contributed by atoms with van der Waals surface area (Å²) < 4.78 is 0. The van der Waals surface area contributed by atoms with Crippen molar-refractivity contribution in [3.8, 4) is 0 Å². The average Bonchev–Trinajstić information content (AvgIpc) is 2.62. The minimum atomic E-state index is 0.118. The lowest BCUT2D eigenvalue weighted by Gasteiger charge is -2.32. The smallest absolute Gasteiger partial charge is 0.217 e. The zero-order valence-electron chi connectivity index (χ0n) is 14.8. The van der Waals surface area contributed by atoms with E-state index in [4.69, 9.17) is 0 Å². The predicted octanol–water partition coefficient (Wildman–Crippen LogP) is 3.86. The van der Waals surface area contributed by atoms with Gasteiger partial charge in [-0.15, -0.1) is 0 Å². The van der Waals surface area contributed by atoms with Gasteiger partial charge in [-0.2, -0.15) is 0 Å². The van der Waals surface area contributed by atoms with Crippen molar-refractivity contribution in [2.24, 2.45) is 5.92 Å². The molecule has 3 rings (SSSR count). The van der Waals surface area contributed by atoms with Gasteiger partial charge in [-0.05, 0) is 62.1 Å². The van der Waals surface area contributed by atoms with Gasteiger partial charge in [0.1, 0.15) is 0 Å². The van der Waals surface area contributed by atoms with Crippen molar-refractivity contribution in [2.45, 2.75) is 51.5 Å². The second kappa shape index (κ2) is 8.48. The summed E-state index contributed by atoms with van der Waals surface area (Å²) in [6.07, 6.45) is 9.73. The number of hydrogen-bond donors (Lipinski definition) is 1. The molecule has 130 valence electrons. The number of carbonyl (C=O) groups excluding carboxylic acids is 1. The number of carbonyl (C=O) groups is 1. The quantitative estimate of drug-likeness (QED) is 0.891. The number of rotatable bonds is 5. The van der Waals surface area contributed by atoms with E-state index in [1.165, 1.54) is 49.9 Å². The molecule has 0 unspecified atom stereocenters. The Kier molecular flexibility index (Phi) is 6.08. The van der Waals surface area contributed by atoms with Gasteiger partial charge in [0.2, 0.25) is 5.91 Å². The zero-order chi connectivity index (χ0) is 16.8. The van der Waals surface area contributed by atoms with Crippen LogP contribution >= 0.6 is 0 Å². The average molecular weight is 326 g/mol. The van der Waals surface area contributed by atoms with Gasteiger partial charge in [0.25, 0.3) is 0 Å². The van der Waals surface area contributed by atoms with Gasteiger partial charge in [-0.3, -0.25) is 9.69 Å². The molecule has 3 nitrogen and oxygen atoms in total. The van der Waals surface area contributed by atoms with E-state index in [9.17, 15) is 4.79 Å². The molecule has 0 radical (unpaired) electrons. The van der Waals surface area contributed by atoms with Crippen molar-refractivity contribution in [1.29, 1.82) is 0 Å². The van der Waals surface area contributed by atoms with Crippen LogP contribution in [-0.2, 0) is 4.79 Å². The monoisotopic (exact) mass is 326 g/mol. The number of hydrogen-bond acceptors (Lipinski definition) is 2. The lowest BCUT2D eigenvalue weighted by molar-refractivity contribution is -0.119. The van der Waals surface area contributed by atoms with Gasteiger partial charge >= 0.3 is 0 Å². The molecule has 1 aromatic rings. The summed E-state index contributed by atoms with van der Waals surface area (Å²) in [4.78, 5) is 13.7. The minimum absolute atomic E-state index is 0.118. The van der Waals surface area contributed by atoms with E-state index in [2.05, 4.69) is 46.6 Å². The van der Waals surface area contributed by atoms with Crippen LogP contribution in [0.4, 0.5) is 0 Å². The summed E-state index contributed by atoms with van der Waals surface area (Å²) in [6, 6.07) is 11.2. The molecule has 0 aromatic heterocycles. The molecule has 1 fully saturated rings. The first-order valence-corrected chi connectivity index (χ1v) is 9.44. The molecule has 0 bridgehead atoms. The summed E-state index contributed by atoms with van der Waals surface area (Å²) in [7, 11) is 0. The maximum Gasteiger partial charge on any atom is 0.217 e. The van der Waals surface area contributed by atoms with Crippen LogP contribution < -0.4 is 5.32 Å². The summed E-state index contributed by atoms with van der Waals surface area (Å²) in [5, 5.41) is 3.07. The van der Waals surface area contributed by atoms with Gasteiger partial charge in [-0.1, -0.05) is 36.4 Å². The molecule has 2 aliphatic rings. The van der Waals surface area contributed by atoms with Crippen LogP contribution in [0.1, 0.15) is 51.0 Å². The molecule has 1 aliphatic carbocycles. The van der Waals surface area contributed by atoms with E-state index < -0.39 is 0 Å². The molecule has 3 heteroatoms. The Morgan fingerprint density at radius 1 is 1.17 bits per heavy atom. The summed E-state index contributed by atoms with van der Waals surface area (Å²) in [5.74, 6) is 0.960. The van der Waals surface area contributed by atoms with E-state index >= 15 is 0 Å². The molecule has 1 aromatic carbocycles. The molecule has 1 amide bonds. The minimum Gasteiger partial charge on any atom is -0.354 e. The summed E-state index contributed by atoms with van der Waals surface area (Å²) >= 11 is 0. The van der Waals surface area contributed by atoms with Gasteiger partial charge in [0.05, 0.1) is 0 Å². The van der Waals surface area contributed by atoms with Crippen LogP contribution in [0.25, 0.3) is 5.57 Å². The van der Waals surface area contributed by atoms with Crippen molar-refractivity contribution in [3.05, 3.63) is 42.0 Å². The second-order valence-electron chi connectivity index (χ2n) is 7.35. The zero-order valence-corrected chi connectivity index (χ0v) is 14.8. The molecule has 0 saturated heterocycles. The Morgan fingerprint density at radius 3 is 2.54 bits per heavy atom. The summed E-state index contributed by atoms with van der Waals surface area (Å²) in [5.41, 5.74) is 2.89. The number of nitrogens with one attached hydrogen (secondary N) is 1. The lowest BCUT2D eigenvalue weighted by atomic mass is 9.84. The highest BCUT2D eigenvalue weighted by atomic mass is 16.1. The molecule has 0 atom stereocenters. The van der Waals surface area contributed by atoms with E-state index in [1.54, 1.807) is 6.92 Å². The first kappa shape index (κ1) is 17.2. The van der Waals surface area contributed by atoms with E-state index in [0.29, 0.717) is 6.04 Å². The number of benzene rings is 1. The van der Waals surface area contributed by atoms with E-state index in [1.807, 2.05) is 0 Å². The Bertz CT molecular complexity index is 558. The van der Waals surface area contributed by atoms with Crippen LogP contribution in [0.2, 0.25) is 0 Å². The maximum absolute atomic E-state index is 11.1. The Morgan fingerprint density at radius 2 is 1.92 bits per heavy atom. The van der Waals surface area contributed by atoms with Crippen LogP contribution in [0.5, 0.6) is 0 Å². The van der Waals surface area contributed by atoms with Crippen molar-refractivity contribution < 1.29 is 4.79 Å². The standard InChI is InChI=1S/C21H30N2O/c1-17(24)22-21-9-7-18(8-10-21)11-14-23-15-12-20(13-16-23)19-5-3-2-4-6-19/h2-6,12,18,21H,7-11,13-16H2,1H3,(H,22,24). The molecular formula is C21H30N2O. The number of nitrogens with zero attached hydrogens (tertiary/aromatic N) is 1. The van der Waals surface area contributed by atoms with E-state index in [0.717, 1.165) is 25.3 Å². The normalized spacial score (nSPS) is 25.1. The van der Waals surface area contributed by atoms with Crippen LogP contribution in [0.15, 0.2) is 36.4 Å². The molecule has 1 N–H and O–H groups in total. The molecular weight excluding hydrogens is 296 g/mol. The first-order chi connectivity index (χ1) is 11.7. The molecule has 1 aliphatic heterocycles. The molecule has 0 spiro atoms. The SMILES string of the molecule is CC(=O)NC1CCC(CCN2CC=C(c3ccccc3)CC2)CC1. The molecule has 1 heterocycles. The third-order valence-electron chi connectivity index (χ3n) is 5.55. The highest BCUT2D eigenvalue weighted by Crippen LogP contribution is 2.28. The second-order valence-corrected chi connectivity index (χ2v) is 7.35. The fourth-order valence-electron chi connectivity index (χ4n) is 4.08. The third-order valence-corrected chi connectivity index (χ3v) is 5.55. The predicted molar refractivity (Wildman–Crippen MR) is 99.7 cm³/mol. The highest BCUT2D eigenvalue weighted by Gasteiger charge is 2.22. The maximum atomic E-state index is 11.1. The first-order valence-electron chi connectivity index (χ1n) is 9.44. The fraction of sp³-hybridized carbons (Fsp3) is 0.571. The van der Waals surface area contributed by atoms with Crippen LogP contribution in [0, 0.1) is 5.92 Å². The van der Waals surface area contributed by atoms with Crippen LogP contribution in [-0.4, -0.2) is 36.5 Å². The van der Waals surface area contributed by atoms with Gasteiger partial charge in [0, 0.05) is 26.1 Å². The lowest BCUT2D eigenvalue weighted by Crippen LogP contribution is -2.37. The molecule has 24 heavy (non-hydrogen) atoms. The van der Waals surface area contributed by atoms with Crippen molar-refractivity contribution >= 4 is 11.5 Å². The van der Waals surface area contributed by atoms with Crippen LogP contribution in [0.3, 0.4) is 0 Å². The number of amides is 1. The van der Waals surface area contributed by atoms with Crippen molar-refractivity contribution in [3.63, 3.8) is 0 Å². The van der Waals surface area contributed by atoms with Gasteiger partial charge in [0.15, 0.2) is 0 Å². The highest BCUT2D eigenvalue weighted by molar-refractivity contribution is 5.73. The van der Waals surface area contributed by atoms with Gasteiger partial charge in [-0.25, -0.2) is 0 Å². The Hall–Kier alpha value is -1.61. The van der Waals surface area contributed by atoms with Gasteiger partial charge < -0.3 is 5.32 Å².